The predicted molar refractivity (Wildman–Crippen MR) is 96.0 cm³/mol. The highest BCUT2D eigenvalue weighted by Crippen LogP contribution is 2.03. The molecule has 1 N–H and O–H groups in total. The van der Waals surface area contributed by atoms with Crippen LogP contribution in [0.15, 0.2) is 59.7 Å². The van der Waals surface area contributed by atoms with Crippen LogP contribution in [0.3, 0.4) is 0 Å². The topological polar surface area (TPSA) is 57.8 Å². The largest absolute Gasteiger partial charge is 0.356 e. The zero-order valence-electron chi connectivity index (χ0n) is 14.1. The van der Waals surface area contributed by atoms with Crippen LogP contribution >= 0.6 is 0 Å². The van der Waals surface area contributed by atoms with Gasteiger partial charge in [0.2, 0.25) is 0 Å². The summed E-state index contributed by atoms with van der Waals surface area (Å²) in [5.74, 6) is 1.81. The van der Waals surface area contributed by atoms with E-state index in [0.717, 1.165) is 30.4 Å². The quantitative estimate of drug-likeness (QED) is 0.576. The highest BCUT2D eigenvalue weighted by Gasteiger charge is 2.06. The number of rotatable bonds is 5. The molecule has 0 aliphatic heterocycles. The van der Waals surface area contributed by atoms with Gasteiger partial charge in [-0.15, -0.1) is 10.2 Å². The van der Waals surface area contributed by atoms with Gasteiger partial charge in [0.25, 0.3) is 0 Å². The molecule has 2 aromatic heterocycles. The van der Waals surface area contributed by atoms with E-state index >= 15 is 0 Å². The number of pyridine rings is 1. The fraction of sp³-hybridized carbons (Fsp3) is 0.278. The maximum absolute atomic E-state index is 4.66. The molecule has 0 saturated carbocycles. The number of nitrogens with zero attached hydrogens (tertiary/aromatic N) is 5. The Labute approximate surface area is 141 Å². The van der Waals surface area contributed by atoms with E-state index in [-0.39, 0.29) is 0 Å². The van der Waals surface area contributed by atoms with Gasteiger partial charge in [-0.05, 0) is 17.7 Å². The smallest absolute Gasteiger partial charge is 0.193 e. The van der Waals surface area contributed by atoms with E-state index in [9.17, 15) is 0 Å². The van der Waals surface area contributed by atoms with Crippen molar-refractivity contribution in [3.63, 3.8) is 0 Å². The molecule has 6 nitrogen and oxygen atoms in total. The minimum absolute atomic E-state index is 0.662. The van der Waals surface area contributed by atoms with Crippen LogP contribution in [0.2, 0.25) is 0 Å². The Morgan fingerprint density at radius 3 is 2.67 bits per heavy atom. The van der Waals surface area contributed by atoms with Crippen LogP contribution in [0.25, 0.3) is 5.65 Å². The van der Waals surface area contributed by atoms with Gasteiger partial charge in [0.1, 0.15) is 5.82 Å². The van der Waals surface area contributed by atoms with Gasteiger partial charge in [-0.3, -0.25) is 4.40 Å². The van der Waals surface area contributed by atoms with Crippen LogP contribution in [0.4, 0.5) is 0 Å². The monoisotopic (exact) mass is 322 g/mol. The number of hydrogen-bond acceptors (Lipinski definition) is 3. The maximum atomic E-state index is 4.66. The van der Waals surface area contributed by atoms with E-state index in [1.165, 1.54) is 5.56 Å². The van der Waals surface area contributed by atoms with Gasteiger partial charge < -0.3 is 10.2 Å². The zero-order valence-corrected chi connectivity index (χ0v) is 14.1. The number of aliphatic imine (C=N–C) groups is 1. The van der Waals surface area contributed by atoms with Gasteiger partial charge in [0, 0.05) is 33.3 Å². The number of aromatic nitrogens is 3. The molecule has 3 rings (SSSR count). The molecule has 24 heavy (non-hydrogen) atoms. The molecule has 0 bridgehead atoms. The first-order chi connectivity index (χ1) is 11.7. The molecule has 0 aliphatic rings. The minimum atomic E-state index is 0.662. The van der Waals surface area contributed by atoms with Crippen molar-refractivity contribution in [1.29, 1.82) is 0 Å². The maximum Gasteiger partial charge on any atom is 0.193 e. The third-order valence-electron chi connectivity index (χ3n) is 3.69. The summed E-state index contributed by atoms with van der Waals surface area (Å²) >= 11 is 0. The van der Waals surface area contributed by atoms with E-state index in [0.29, 0.717) is 6.54 Å². The number of fused-ring (bicyclic) bond motifs is 1. The highest BCUT2D eigenvalue weighted by molar-refractivity contribution is 5.79. The molecule has 0 unspecified atom stereocenters. The van der Waals surface area contributed by atoms with Gasteiger partial charge in [-0.1, -0.05) is 36.4 Å². The van der Waals surface area contributed by atoms with Gasteiger partial charge in [0.05, 0.1) is 6.54 Å². The third-order valence-corrected chi connectivity index (χ3v) is 3.69. The molecular weight excluding hydrogens is 300 g/mol. The summed E-state index contributed by atoms with van der Waals surface area (Å²) in [5.41, 5.74) is 2.07. The normalized spacial score (nSPS) is 11.7. The minimum Gasteiger partial charge on any atom is -0.356 e. The summed E-state index contributed by atoms with van der Waals surface area (Å²) in [6, 6.07) is 16.1. The average Bonchev–Trinajstić information content (AvgIpc) is 3.02. The lowest BCUT2D eigenvalue weighted by molar-refractivity contribution is 0.577. The molecule has 0 amide bonds. The molecule has 0 aliphatic carbocycles. The van der Waals surface area contributed by atoms with Crippen LogP contribution in [-0.2, 0) is 13.0 Å². The van der Waals surface area contributed by atoms with Crippen molar-refractivity contribution in [3.05, 3.63) is 66.1 Å². The van der Waals surface area contributed by atoms with Gasteiger partial charge in [-0.2, -0.15) is 0 Å². The lowest BCUT2D eigenvalue weighted by Crippen LogP contribution is -2.37. The third kappa shape index (κ3) is 3.90. The fourth-order valence-electron chi connectivity index (χ4n) is 2.45. The first-order valence-corrected chi connectivity index (χ1v) is 8.02. The van der Waals surface area contributed by atoms with Crippen molar-refractivity contribution in [2.24, 2.45) is 4.99 Å². The Morgan fingerprint density at radius 1 is 1.08 bits per heavy atom. The second kappa shape index (κ2) is 7.59. The number of benzene rings is 1. The lowest BCUT2D eigenvalue weighted by Gasteiger charge is -2.17. The first-order valence-electron chi connectivity index (χ1n) is 8.02. The summed E-state index contributed by atoms with van der Waals surface area (Å²) < 4.78 is 2.01. The Balaban J connectivity index is 1.60. The Kier molecular flexibility index (Phi) is 5.05. The van der Waals surface area contributed by atoms with E-state index in [2.05, 4.69) is 32.6 Å². The number of nitrogens with one attached hydrogen (secondary N) is 1. The molecule has 2 heterocycles. The highest BCUT2D eigenvalue weighted by atomic mass is 15.3. The van der Waals surface area contributed by atoms with Gasteiger partial charge in [0.15, 0.2) is 11.6 Å². The van der Waals surface area contributed by atoms with Crippen molar-refractivity contribution in [2.45, 2.75) is 13.0 Å². The van der Waals surface area contributed by atoms with Crippen LogP contribution in [-0.4, -0.2) is 46.1 Å². The molecule has 0 atom stereocenters. The Morgan fingerprint density at radius 2 is 1.88 bits per heavy atom. The second-order valence-electron chi connectivity index (χ2n) is 5.74. The van der Waals surface area contributed by atoms with E-state index in [1.54, 1.807) is 0 Å². The number of guanidine groups is 1. The number of hydrogen-bond donors (Lipinski definition) is 1. The summed E-state index contributed by atoms with van der Waals surface area (Å²) in [6.07, 6.45) is 2.77. The lowest BCUT2D eigenvalue weighted by atomic mass is 10.2. The van der Waals surface area contributed by atoms with Crippen LogP contribution in [0, 0.1) is 0 Å². The molecule has 6 heteroatoms. The van der Waals surface area contributed by atoms with Crippen LogP contribution < -0.4 is 5.32 Å². The van der Waals surface area contributed by atoms with Gasteiger partial charge >= 0.3 is 0 Å². The molecule has 0 radical (unpaired) electrons. The molecular formula is C18H22N6. The van der Waals surface area contributed by atoms with Crippen LogP contribution in [0.5, 0.6) is 0 Å². The van der Waals surface area contributed by atoms with Crippen molar-refractivity contribution >= 4 is 11.6 Å². The average molecular weight is 322 g/mol. The predicted octanol–water partition coefficient (Wildman–Crippen LogP) is 1.98. The van der Waals surface area contributed by atoms with E-state index in [1.807, 2.05) is 66.0 Å². The standard InChI is InChI=1S/C18H22N6/c1-23(2)18(20-14-15-8-4-3-5-9-15)19-12-11-17-22-21-16-10-6-7-13-24(16)17/h3-10,13H,11-12,14H2,1-2H3,(H,19,20). The molecule has 3 aromatic rings. The summed E-state index contributed by atoms with van der Waals surface area (Å²) in [7, 11) is 3.98. The molecule has 0 spiro atoms. The zero-order chi connectivity index (χ0) is 16.8. The van der Waals surface area contributed by atoms with Crippen molar-refractivity contribution in [2.75, 3.05) is 20.6 Å². The van der Waals surface area contributed by atoms with E-state index < -0.39 is 0 Å². The van der Waals surface area contributed by atoms with Crippen LogP contribution in [0.1, 0.15) is 11.4 Å². The summed E-state index contributed by atoms with van der Waals surface area (Å²) in [5, 5.41) is 11.8. The molecule has 0 saturated heterocycles. The summed E-state index contributed by atoms with van der Waals surface area (Å²) in [6.45, 7) is 1.41. The molecule has 1 aromatic carbocycles. The Bertz CT molecular complexity index is 807. The Hall–Kier alpha value is -2.89. The summed E-state index contributed by atoms with van der Waals surface area (Å²) in [4.78, 5) is 6.65. The van der Waals surface area contributed by atoms with E-state index in [4.69, 9.17) is 0 Å². The first kappa shape index (κ1) is 16.0. The SMILES string of the molecule is CN(C)C(=NCc1ccccc1)NCCc1nnc2ccccn12. The molecule has 0 fully saturated rings. The van der Waals surface area contributed by atoms with Crippen molar-refractivity contribution in [1.82, 2.24) is 24.8 Å². The van der Waals surface area contributed by atoms with Crippen molar-refractivity contribution in [3.8, 4) is 0 Å². The molecule has 124 valence electrons. The second-order valence-corrected chi connectivity index (χ2v) is 5.74. The fourth-order valence-corrected chi connectivity index (χ4v) is 2.45. The van der Waals surface area contributed by atoms with Gasteiger partial charge in [-0.25, -0.2) is 4.99 Å². The van der Waals surface area contributed by atoms with Crippen molar-refractivity contribution < 1.29 is 0 Å².